The number of hydrogen-bond donors (Lipinski definition) is 2. The minimum Gasteiger partial charge on any atom is -0.377 e. The zero-order valence-corrected chi connectivity index (χ0v) is 18.2. The molecule has 1 aliphatic heterocycles. The van der Waals surface area contributed by atoms with Crippen LogP contribution < -0.4 is 10.6 Å². The number of methoxy groups -OCH3 is 1. The van der Waals surface area contributed by atoms with Crippen LogP contribution in [-0.2, 0) is 37.4 Å². The van der Waals surface area contributed by atoms with E-state index in [1.54, 1.807) is 13.3 Å². The highest BCUT2D eigenvalue weighted by Crippen LogP contribution is 2.14. The third kappa shape index (κ3) is 5.49. The Balaban J connectivity index is 1.42. The smallest absolute Gasteiger partial charge is 0.191 e. The predicted octanol–water partition coefficient (Wildman–Crippen LogP) is 1.74. The number of fused-ring (bicyclic) bond motifs is 1. The van der Waals surface area contributed by atoms with Crippen molar-refractivity contribution < 1.29 is 4.74 Å². The average Bonchev–Trinajstić information content (AvgIpc) is 3.42. The van der Waals surface area contributed by atoms with Crippen LogP contribution in [0.25, 0.3) is 0 Å². The molecule has 4 rings (SSSR count). The molecule has 1 unspecified atom stereocenters. The third-order valence-corrected chi connectivity index (χ3v) is 5.28. The number of aryl methyl sites for hydroxylation is 1. The lowest BCUT2D eigenvalue weighted by atomic mass is 10.1. The molecule has 164 valence electrons. The highest BCUT2D eigenvalue weighted by Gasteiger charge is 2.22. The summed E-state index contributed by atoms with van der Waals surface area (Å²) < 4.78 is 9.07. The first-order chi connectivity index (χ1) is 15.2. The molecule has 31 heavy (non-hydrogen) atoms. The number of aromatic nitrogens is 5. The van der Waals surface area contributed by atoms with Crippen molar-refractivity contribution in [1.29, 1.82) is 0 Å². The van der Waals surface area contributed by atoms with Crippen LogP contribution >= 0.6 is 0 Å². The fourth-order valence-electron chi connectivity index (χ4n) is 3.78. The van der Waals surface area contributed by atoms with Gasteiger partial charge < -0.3 is 15.4 Å². The van der Waals surface area contributed by atoms with E-state index in [9.17, 15) is 0 Å². The number of nitrogens with one attached hydrogen (secondary N) is 2. The molecule has 3 heterocycles. The van der Waals surface area contributed by atoms with E-state index in [0.29, 0.717) is 13.2 Å². The number of guanidine groups is 1. The van der Waals surface area contributed by atoms with Crippen LogP contribution in [0.2, 0.25) is 0 Å². The zero-order valence-electron chi connectivity index (χ0n) is 18.2. The molecule has 9 heteroatoms. The predicted molar refractivity (Wildman–Crippen MR) is 119 cm³/mol. The van der Waals surface area contributed by atoms with Gasteiger partial charge in [0.25, 0.3) is 0 Å². The molecule has 2 N–H and O–H groups in total. The number of rotatable bonds is 8. The van der Waals surface area contributed by atoms with Crippen molar-refractivity contribution in [2.75, 3.05) is 13.7 Å². The van der Waals surface area contributed by atoms with Gasteiger partial charge in [0, 0.05) is 38.5 Å². The van der Waals surface area contributed by atoms with Crippen molar-refractivity contribution in [3.8, 4) is 0 Å². The molecule has 3 aromatic rings. The highest BCUT2D eigenvalue weighted by atomic mass is 16.5. The monoisotopic (exact) mass is 422 g/mol. The molecule has 0 amide bonds. The van der Waals surface area contributed by atoms with Gasteiger partial charge in [-0.05, 0) is 30.5 Å². The van der Waals surface area contributed by atoms with Crippen LogP contribution in [0.4, 0.5) is 0 Å². The summed E-state index contributed by atoms with van der Waals surface area (Å²) in [7, 11) is 1.66. The van der Waals surface area contributed by atoms with Gasteiger partial charge >= 0.3 is 0 Å². The van der Waals surface area contributed by atoms with E-state index < -0.39 is 0 Å². The maximum absolute atomic E-state index is 5.16. The van der Waals surface area contributed by atoms with Crippen LogP contribution in [0.5, 0.6) is 0 Å². The molecule has 1 aromatic carbocycles. The Morgan fingerprint density at radius 3 is 2.90 bits per heavy atom. The average molecular weight is 423 g/mol. The first-order valence-corrected chi connectivity index (χ1v) is 10.8. The topological polar surface area (TPSA) is 94.2 Å². The van der Waals surface area contributed by atoms with Gasteiger partial charge in [0.2, 0.25) is 0 Å². The Kier molecular flexibility index (Phi) is 6.93. The van der Waals surface area contributed by atoms with E-state index in [2.05, 4.69) is 57.0 Å². The second kappa shape index (κ2) is 10.2. The molecule has 9 nitrogen and oxygen atoms in total. The lowest BCUT2D eigenvalue weighted by Gasteiger charge is -2.25. The van der Waals surface area contributed by atoms with Gasteiger partial charge in [0.05, 0.1) is 19.6 Å². The van der Waals surface area contributed by atoms with E-state index in [4.69, 9.17) is 9.73 Å². The summed E-state index contributed by atoms with van der Waals surface area (Å²) in [4.78, 5) is 9.41. The summed E-state index contributed by atoms with van der Waals surface area (Å²) in [5.74, 6) is 2.59. The van der Waals surface area contributed by atoms with Crippen LogP contribution in [0, 0.1) is 0 Å². The SMILES string of the molecule is CCNC(=NCc1ccccc1Cn1cccn1)NC1CCc2nc(COC)nn2C1. The standard InChI is InChI=1S/C22H30N8O/c1-3-23-22(26-19-9-10-21-27-20(16-31-2)28-30(21)15-19)24-13-17-7-4-5-8-18(17)14-29-12-6-11-25-29/h4-8,11-12,19H,3,9-10,13-16H2,1-2H3,(H2,23,24,26). The number of hydrogen-bond acceptors (Lipinski definition) is 5. The van der Waals surface area contributed by atoms with Crippen molar-refractivity contribution >= 4 is 5.96 Å². The maximum atomic E-state index is 5.16. The normalized spacial score (nSPS) is 16.2. The molecule has 0 radical (unpaired) electrons. The second-order valence-corrected chi connectivity index (χ2v) is 7.61. The molecule has 0 fully saturated rings. The Hall–Kier alpha value is -3.20. The van der Waals surface area contributed by atoms with Crippen LogP contribution in [0.1, 0.15) is 36.1 Å². The first kappa shape index (κ1) is 21.0. The molecule has 0 spiro atoms. The van der Waals surface area contributed by atoms with E-state index in [-0.39, 0.29) is 6.04 Å². The van der Waals surface area contributed by atoms with Gasteiger partial charge in [-0.3, -0.25) is 4.68 Å². The quantitative estimate of drug-likeness (QED) is 0.424. The Labute approximate surface area is 182 Å². The second-order valence-electron chi connectivity index (χ2n) is 7.61. The molecule has 0 aliphatic carbocycles. The zero-order chi connectivity index (χ0) is 21.5. The summed E-state index contributed by atoms with van der Waals surface area (Å²) in [5, 5.41) is 15.8. The maximum Gasteiger partial charge on any atom is 0.191 e. The molecule has 1 aliphatic rings. The van der Waals surface area contributed by atoms with E-state index in [1.807, 2.05) is 21.6 Å². The molecular formula is C22H30N8O. The van der Waals surface area contributed by atoms with Crippen LogP contribution in [0.15, 0.2) is 47.7 Å². The van der Waals surface area contributed by atoms with Crippen LogP contribution in [0.3, 0.4) is 0 Å². The van der Waals surface area contributed by atoms with Crippen molar-refractivity contribution in [3.63, 3.8) is 0 Å². The Morgan fingerprint density at radius 1 is 1.26 bits per heavy atom. The summed E-state index contributed by atoms with van der Waals surface area (Å²) in [6, 6.07) is 10.6. The number of benzene rings is 1. The first-order valence-electron chi connectivity index (χ1n) is 10.8. The van der Waals surface area contributed by atoms with E-state index >= 15 is 0 Å². The van der Waals surface area contributed by atoms with Crippen molar-refractivity contribution in [1.82, 2.24) is 35.2 Å². The fraction of sp³-hybridized carbons (Fsp3) is 0.455. The lowest BCUT2D eigenvalue weighted by Crippen LogP contribution is -2.47. The van der Waals surface area contributed by atoms with Gasteiger partial charge in [0.15, 0.2) is 11.8 Å². The summed E-state index contributed by atoms with van der Waals surface area (Å²) in [6.45, 7) is 5.44. The van der Waals surface area contributed by atoms with Crippen molar-refractivity contribution in [2.24, 2.45) is 4.99 Å². The van der Waals surface area contributed by atoms with Gasteiger partial charge in [-0.25, -0.2) is 14.7 Å². The summed E-state index contributed by atoms with van der Waals surface area (Å²) >= 11 is 0. The molecule has 0 saturated heterocycles. The van der Waals surface area contributed by atoms with E-state index in [0.717, 1.165) is 50.1 Å². The summed E-state index contributed by atoms with van der Waals surface area (Å²) in [6.07, 6.45) is 5.66. The molecular weight excluding hydrogens is 392 g/mol. The molecule has 0 saturated carbocycles. The summed E-state index contributed by atoms with van der Waals surface area (Å²) in [5.41, 5.74) is 2.42. The minimum atomic E-state index is 0.252. The van der Waals surface area contributed by atoms with Gasteiger partial charge in [-0.1, -0.05) is 24.3 Å². The number of aliphatic imine (C=N–C) groups is 1. The largest absolute Gasteiger partial charge is 0.377 e. The Bertz CT molecular complexity index is 995. The third-order valence-electron chi connectivity index (χ3n) is 5.28. The molecule has 2 aromatic heterocycles. The number of nitrogens with zero attached hydrogens (tertiary/aromatic N) is 6. The molecule has 1 atom stereocenters. The van der Waals surface area contributed by atoms with E-state index in [1.165, 1.54) is 11.1 Å². The Morgan fingerprint density at radius 2 is 2.13 bits per heavy atom. The van der Waals surface area contributed by atoms with Gasteiger partial charge in [-0.2, -0.15) is 10.2 Å². The highest BCUT2D eigenvalue weighted by molar-refractivity contribution is 5.80. The van der Waals surface area contributed by atoms with Gasteiger partial charge in [-0.15, -0.1) is 0 Å². The van der Waals surface area contributed by atoms with Crippen molar-refractivity contribution in [3.05, 3.63) is 65.5 Å². The minimum absolute atomic E-state index is 0.252. The van der Waals surface area contributed by atoms with Gasteiger partial charge in [0.1, 0.15) is 12.4 Å². The molecule has 0 bridgehead atoms. The van der Waals surface area contributed by atoms with Crippen molar-refractivity contribution in [2.45, 2.75) is 52.0 Å². The number of ether oxygens (including phenoxy) is 1. The fourth-order valence-corrected chi connectivity index (χ4v) is 3.78. The van der Waals surface area contributed by atoms with Crippen LogP contribution in [-0.4, -0.2) is 50.2 Å². The lowest BCUT2D eigenvalue weighted by molar-refractivity contribution is 0.177.